The van der Waals surface area contributed by atoms with E-state index in [1.807, 2.05) is 11.9 Å². The summed E-state index contributed by atoms with van der Waals surface area (Å²) in [5.41, 5.74) is 5.21. The Hall–Kier alpha value is -0.360. The van der Waals surface area contributed by atoms with Crippen molar-refractivity contribution in [3.63, 3.8) is 0 Å². The molecular formula is C6H12N4S2. The number of amidine groups is 2. The zero-order valence-electron chi connectivity index (χ0n) is 6.83. The van der Waals surface area contributed by atoms with Crippen molar-refractivity contribution >= 4 is 33.9 Å². The van der Waals surface area contributed by atoms with E-state index in [1.54, 1.807) is 11.8 Å². The van der Waals surface area contributed by atoms with Gasteiger partial charge in [0, 0.05) is 24.6 Å². The Balaban J connectivity index is 2.28. The van der Waals surface area contributed by atoms with Crippen molar-refractivity contribution in [2.75, 3.05) is 19.3 Å². The number of rotatable bonds is 2. The van der Waals surface area contributed by atoms with Crippen LogP contribution in [0.2, 0.25) is 0 Å². The summed E-state index contributed by atoms with van der Waals surface area (Å²) in [5.74, 6) is 0.826. The highest BCUT2D eigenvalue weighted by atomic mass is 32.2. The van der Waals surface area contributed by atoms with E-state index < -0.39 is 0 Å². The van der Waals surface area contributed by atoms with E-state index in [2.05, 4.69) is 0 Å². The summed E-state index contributed by atoms with van der Waals surface area (Å²) in [6.07, 6.45) is 0. The van der Waals surface area contributed by atoms with Gasteiger partial charge in [0.15, 0.2) is 10.3 Å². The van der Waals surface area contributed by atoms with Crippen LogP contribution in [0.4, 0.5) is 0 Å². The Bertz CT molecular complexity index is 206. The molecule has 4 N–H and O–H groups in total. The van der Waals surface area contributed by atoms with Crippen LogP contribution < -0.4 is 5.73 Å². The van der Waals surface area contributed by atoms with Crippen molar-refractivity contribution in [3.8, 4) is 0 Å². The molecule has 0 aliphatic carbocycles. The Morgan fingerprint density at radius 2 is 2.58 bits per heavy atom. The molecule has 0 saturated carbocycles. The molecule has 0 amide bonds. The second-order valence-corrected chi connectivity index (χ2v) is 4.95. The van der Waals surface area contributed by atoms with Crippen LogP contribution in [0.25, 0.3) is 0 Å². The fourth-order valence-electron chi connectivity index (χ4n) is 0.943. The molecule has 0 spiro atoms. The van der Waals surface area contributed by atoms with Gasteiger partial charge >= 0.3 is 0 Å². The lowest BCUT2D eigenvalue weighted by Gasteiger charge is -2.08. The second kappa shape index (κ2) is 4.04. The van der Waals surface area contributed by atoms with Gasteiger partial charge in [0.05, 0.1) is 0 Å². The third-order valence-electron chi connectivity index (χ3n) is 1.53. The molecule has 68 valence electrons. The van der Waals surface area contributed by atoms with Gasteiger partial charge in [0.1, 0.15) is 0 Å². The van der Waals surface area contributed by atoms with E-state index in [0.717, 1.165) is 12.3 Å². The lowest BCUT2D eigenvalue weighted by atomic mass is 10.4. The van der Waals surface area contributed by atoms with Crippen LogP contribution in [-0.2, 0) is 0 Å². The summed E-state index contributed by atoms with van der Waals surface area (Å²) in [6, 6.07) is 0. The van der Waals surface area contributed by atoms with Crippen LogP contribution >= 0.6 is 23.5 Å². The molecule has 1 aliphatic heterocycles. The highest BCUT2D eigenvalue weighted by Crippen LogP contribution is 2.25. The van der Waals surface area contributed by atoms with Crippen LogP contribution in [0.1, 0.15) is 0 Å². The first-order valence-electron chi connectivity index (χ1n) is 3.52. The number of nitrogens with two attached hydrogens (primary N) is 1. The Kier molecular flexibility index (Phi) is 3.28. The van der Waals surface area contributed by atoms with Gasteiger partial charge in [0.2, 0.25) is 0 Å². The second-order valence-electron chi connectivity index (χ2n) is 2.60. The summed E-state index contributed by atoms with van der Waals surface area (Å²) < 4.78 is 0. The number of hydrogen-bond donors (Lipinski definition) is 3. The quantitative estimate of drug-likeness (QED) is 0.454. The summed E-state index contributed by atoms with van der Waals surface area (Å²) in [4.78, 5) is 1.91. The van der Waals surface area contributed by atoms with Crippen molar-refractivity contribution in [2.24, 2.45) is 5.73 Å². The molecule has 6 heteroatoms. The summed E-state index contributed by atoms with van der Waals surface area (Å²) in [7, 11) is 1.91. The van der Waals surface area contributed by atoms with Crippen molar-refractivity contribution in [1.82, 2.24) is 4.90 Å². The van der Waals surface area contributed by atoms with Crippen LogP contribution in [0, 0.1) is 10.8 Å². The average molecular weight is 204 g/mol. The molecule has 4 nitrogen and oxygen atoms in total. The molecule has 0 aromatic rings. The van der Waals surface area contributed by atoms with Gasteiger partial charge in [-0.15, -0.1) is 0 Å². The first-order chi connectivity index (χ1) is 5.59. The minimum atomic E-state index is 0.164. The Morgan fingerprint density at radius 3 is 3.00 bits per heavy atom. The van der Waals surface area contributed by atoms with Gasteiger partial charge in [-0.05, 0) is 0 Å². The molecule has 1 saturated heterocycles. The molecule has 0 aromatic carbocycles. The highest BCUT2D eigenvalue weighted by Gasteiger charge is 2.24. The average Bonchev–Trinajstić information content (AvgIpc) is 2.28. The largest absolute Gasteiger partial charge is 0.379 e. The maximum atomic E-state index is 7.47. The fraction of sp³-hybridized carbons (Fsp3) is 0.667. The van der Waals surface area contributed by atoms with Gasteiger partial charge in [-0.2, -0.15) is 0 Å². The number of nitrogens with zero attached hydrogens (tertiary/aromatic N) is 1. The lowest BCUT2D eigenvalue weighted by molar-refractivity contribution is 0.532. The predicted octanol–water partition coefficient (Wildman–Crippen LogP) is 0.595. The van der Waals surface area contributed by atoms with Crippen molar-refractivity contribution in [2.45, 2.75) is 5.25 Å². The van der Waals surface area contributed by atoms with Crippen molar-refractivity contribution in [1.29, 1.82) is 10.8 Å². The van der Waals surface area contributed by atoms with E-state index in [1.165, 1.54) is 11.8 Å². The van der Waals surface area contributed by atoms with Crippen LogP contribution in [0.5, 0.6) is 0 Å². The SMILES string of the molecule is CN1C[C@@H](CSC(=N)N)SC1=N. The first-order valence-corrected chi connectivity index (χ1v) is 5.39. The van der Waals surface area contributed by atoms with E-state index in [9.17, 15) is 0 Å². The van der Waals surface area contributed by atoms with Gasteiger partial charge in [-0.3, -0.25) is 10.8 Å². The van der Waals surface area contributed by atoms with Gasteiger partial charge in [-0.1, -0.05) is 23.5 Å². The number of hydrogen-bond acceptors (Lipinski definition) is 4. The number of nitrogens with one attached hydrogen (secondary N) is 2. The van der Waals surface area contributed by atoms with E-state index in [-0.39, 0.29) is 5.17 Å². The predicted molar refractivity (Wildman–Crippen MR) is 56.1 cm³/mol. The minimum absolute atomic E-state index is 0.164. The third-order valence-corrected chi connectivity index (χ3v) is 3.80. The smallest absolute Gasteiger partial charge is 0.156 e. The zero-order chi connectivity index (χ0) is 9.14. The molecule has 1 atom stereocenters. The van der Waals surface area contributed by atoms with Crippen LogP contribution in [-0.4, -0.2) is 39.8 Å². The zero-order valence-corrected chi connectivity index (χ0v) is 8.47. The van der Waals surface area contributed by atoms with Crippen molar-refractivity contribution < 1.29 is 0 Å². The first kappa shape index (κ1) is 9.73. The summed E-state index contributed by atoms with van der Waals surface area (Å²) in [6.45, 7) is 0.893. The van der Waals surface area contributed by atoms with E-state index in [0.29, 0.717) is 10.4 Å². The normalized spacial score (nSPS) is 23.2. The standard InChI is InChI=1S/C6H12N4S2/c1-10-2-4(12-6(10)9)3-11-5(7)8/h4,9H,2-3H2,1H3,(H3,7,8)/t4-/m0/s1. The molecule has 1 fully saturated rings. The lowest BCUT2D eigenvalue weighted by Crippen LogP contribution is -2.21. The molecule has 0 unspecified atom stereocenters. The number of thioether (sulfide) groups is 2. The summed E-state index contributed by atoms with van der Waals surface area (Å²) >= 11 is 2.90. The van der Waals surface area contributed by atoms with Crippen LogP contribution in [0.15, 0.2) is 0 Å². The van der Waals surface area contributed by atoms with E-state index >= 15 is 0 Å². The monoisotopic (exact) mass is 204 g/mol. The van der Waals surface area contributed by atoms with Crippen molar-refractivity contribution in [3.05, 3.63) is 0 Å². The van der Waals surface area contributed by atoms with Gasteiger partial charge in [0.25, 0.3) is 0 Å². The molecular weight excluding hydrogens is 192 g/mol. The van der Waals surface area contributed by atoms with Gasteiger partial charge < -0.3 is 10.6 Å². The molecule has 1 rings (SSSR count). The Labute approximate surface area is 80.3 Å². The Morgan fingerprint density at radius 1 is 1.92 bits per heavy atom. The minimum Gasteiger partial charge on any atom is -0.379 e. The third kappa shape index (κ3) is 2.60. The van der Waals surface area contributed by atoms with Gasteiger partial charge in [-0.25, -0.2) is 0 Å². The fourth-order valence-corrected chi connectivity index (χ4v) is 2.76. The van der Waals surface area contributed by atoms with Crippen LogP contribution in [0.3, 0.4) is 0 Å². The maximum absolute atomic E-state index is 7.47. The molecule has 0 radical (unpaired) electrons. The van der Waals surface area contributed by atoms with E-state index in [4.69, 9.17) is 16.6 Å². The molecule has 0 aromatic heterocycles. The molecule has 0 bridgehead atoms. The maximum Gasteiger partial charge on any atom is 0.156 e. The molecule has 1 heterocycles. The highest BCUT2D eigenvalue weighted by molar-refractivity contribution is 8.17. The topological polar surface area (TPSA) is 77.0 Å². The summed E-state index contributed by atoms with van der Waals surface area (Å²) in [5, 5.41) is 15.7. The molecule has 12 heavy (non-hydrogen) atoms. The molecule has 1 aliphatic rings.